The molecule has 0 spiro atoms. The van der Waals surface area contributed by atoms with Gasteiger partial charge in [-0.3, -0.25) is 4.79 Å². The molecular weight excluding hydrogens is 166 g/mol. The molecule has 0 fully saturated rings. The summed E-state index contributed by atoms with van der Waals surface area (Å²) in [7, 11) is 0. The fraction of sp³-hybridized carbons (Fsp3) is 0.857. The average Bonchev–Trinajstić information content (AvgIpc) is 1.85. The van der Waals surface area contributed by atoms with Gasteiger partial charge in [0.25, 0.3) is 0 Å². The van der Waals surface area contributed by atoms with Crippen LogP contribution < -0.4 is 5.73 Å². The Morgan fingerprint density at radius 1 is 1.64 bits per heavy atom. The molecule has 0 amide bonds. The summed E-state index contributed by atoms with van der Waals surface area (Å²) in [5, 5.41) is 0. The van der Waals surface area contributed by atoms with Crippen molar-refractivity contribution in [1.82, 2.24) is 0 Å². The molecule has 0 aromatic heterocycles. The largest absolute Gasteiger partial charge is 0.464 e. The molecule has 0 radical (unpaired) electrons. The van der Waals surface area contributed by atoms with E-state index in [1.807, 2.05) is 6.92 Å². The standard InChI is InChI=1S/C7H15NO2.ClH/c1-3-4-7(8)5-10-6(2)9;/h7H,3-5,8H2,1-2H3;1H. The van der Waals surface area contributed by atoms with Crippen molar-refractivity contribution < 1.29 is 9.53 Å². The Balaban J connectivity index is 0. The van der Waals surface area contributed by atoms with Crippen LogP contribution in [0.4, 0.5) is 0 Å². The summed E-state index contributed by atoms with van der Waals surface area (Å²) in [5.74, 6) is -0.258. The predicted molar refractivity (Wildman–Crippen MR) is 46.8 cm³/mol. The zero-order chi connectivity index (χ0) is 7.98. The van der Waals surface area contributed by atoms with Gasteiger partial charge in [-0.2, -0.15) is 0 Å². The van der Waals surface area contributed by atoms with Crippen LogP contribution in [0.25, 0.3) is 0 Å². The average molecular weight is 182 g/mol. The maximum Gasteiger partial charge on any atom is 0.302 e. The summed E-state index contributed by atoms with van der Waals surface area (Å²) >= 11 is 0. The molecule has 0 aromatic carbocycles. The number of ether oxygens (including phenoxy) is 1. The number of hydrogen-bond donors (Lipinski definition) is 1. The van der Waals surface area contributed by atoms with Gasteiger partial charge in [-0.25, -0.2) is 0 Å². The zero-order valence-corrected chi connectivity index (χ0v) is 7.82. The minimum Gasteiger partial charge on any atom is -0.464 e. The topological polar surface area (TPSA) is 52.3 Å². The van der Waals surface area contributed by atoms with Gasteiger partial charge in [0.2, 0.25) is 0 Å². The number of carbonyl (C=O) groups excluding carboxylic acids is 1. The van der Waals surface area contributed by atoms with Crippen molar-refractivity contribution >= 4 is 18.4 Å². The highest BCUT2D eigenvalue weighted by molar-refractivity contribution is 5.85. The molecule has 0 aliphatic heterocycles. The lowest BCUT2D eigenvalue weighted by molar-refractivity contribution is -0.141. The molecule has 0 saturated carbocycles. The number of halogens is 1. The summed E-state index contributed by atoms with van der Waals surface area (Å²) in [6.45, 7) is 3.79. The van der Waals surface area contributed by atoms with Crippen molar-refractivity contribution in [3.8, 4) is 0 Å². The Kier molecular flexibility index (Phi) is 9.47. The first-order valence-electron chi connectivity index (χ1n) is 3.55. The predicted octanol–water partition coefficient (Wildman–Crippen LogP) is 1.10. The van der Waals surface area contributed by atoms with Gasteiger partial charge in [0.1, 0.15) is 6.61 Å². The fourth-order valence-electron chi connectivity index (χ4n) is 0.679. The molecule has 4 heteroatoms. The quantitative estimate of drug-likeness (QED) is 0.661. The first-order chi connectivity index (χ1) is 4.66. The molecule has 68 valence electrons. The number of esters is 1. The summed E-state index contributed by atoms with van der Waals surface area (Å²) in [5.41, 5.74) is 5.56. The van der Waals surface area contributed by atoms with Crippen LogP contribution in [0.3, 0.4) is 0 Å². The SMILES string of the molecule is CCCC(N)COC(C)=O.Cl. The molecule has 1 atom stereocenters. The monoisotopic (exact) mass is 181 g/mol. The maximum absolute atomic E-state index is 10.3. The van der Waals surface area contributed by atoms with E-state index in [0.717, 1.165) is 12.8 Å². The van der Waals surface area contributed by atoms with Crippen molar-refractivity contribution in [3.63, 3.8) is 0 Å². The van der Waals surface area contributed by atoms with Crippen molar-refractivity contribution in [1.29, 1.82) is 0 Å². The lowest BCUT2D eigenvalue weighted by atomic mass is 10.2. The van der Waals surface area contributed by atoms with Gasteiger partial charge in [0, 0.05) is 13.0 Å². The van der Waals surface area contributed by atoms with Crippen LogP contribution in [0, 0.1) is 0 Å². The highest BCUT2D eigenvalue weighted by Gasteiger charge is 2.01. The van der Waals surface area contributed by atoms with E-state index in [-0.39, 0.29) is 24.4 Å². The molecule has 3 nitrogen and oxygen atoms in total. The molecule has 2 N–H and O–H groups in total. The van der Waals surface area contributed by atoms with Gasteiger partial charge in [-0.15, -0.1) is 12.4 Å². The lowest BCUT2D eigenvalue weighted by Crippen LogP contribution is -2.26. The van der Waals surface area contributed by atoms with Gasteiger partial charge in [0.15, 0.2) is 0 Å². The van der Waals surface area contributed by atoms with Crippen LogP contribution >= 0.6 is 12.4 Å². The number of nitrogens with two attached hydrogens (primary N) is 1. The highest BCUT2D eigenvalue weighted by atomic mass is 35.5. The number of hydrogen-bond acceptors (Lipinski definition) is 3. The minimum absolute atomic E-state index is 0. The molecule has 0 aliphatic rings. The van der Waals surface area contributed by atoms with Crippen LogP contribution in [0.15, 0.2) is 0 Å². The van der Waals surface area contributed by atoms with Crippen LogP contribution in [0.1, 0.15) is 26.7 Å². The van der Waals surface area contributed by atoms with Crippen LogP contribution in [-0.4, -0.2) is 18.6 Å². The molecule has 0 bridgehead atoms. The van der Waals surface area contributed by atoms with E-state index in [0.29, 0.717) is 6.61 Å². The minimum atomic E-state index is -0.258. The summed E-state index contributed by atoms with van der Waals surface area (Å²) in [6.07, 6.45) is 1.94. The third-order valence-electron chi connectivity index (χ3n) is 1.16. The van der Waals surface area contributed by atoms with Gasteiger partial charge < -0.3 is 10.5 Å². The first-order valence-corrected chi connectivity index (χ1v) is 3.55. The molecule has 1 unspecified atom stereocenters. The second-order valence-corrected chi connectivity index (χ2v) is 2.35. The third-order valence-corrected chi connectivity index (χ3v) is 1.16. The van der Waals surface area contributed by atoms with Crippen molar-refractivity contribution in [2.45, 2.75) is 32.7 Å². The Morgan fingerprint density at radius 2 is 2.18 bits per heavy atom. The molecular formula is C7H16ClNO2. The summed E-state index contributed by atoms with van der Waals surface area (Å²) in [4.78, 5) is 10.3. The van der Waals surface area contributed by atoms with E-state index in [2.05, 4.69) is 0 Å². The highest BCUT2D eigenvalue weighted by Crippen LogP contribution is 1.93. The Bertz CT molecular complexity index is 109. The van der Waals surface area contributed by atoms with Crippen LogP contribution in [-0.2, 0) is 9.53 Å². The van der Waals surface area contributed by atoms with Crippen molar-refractivity contribution in [3.05, 3.63) is 0 Å². The van der Waals surface area contributed by atoms with Crippen LogP contribution in [0.5, 0.6) is 0 Å². The van der Waals surface area contributed by atoms with Gasteiger partial charge in [-0.1, -0.05) is 13.3 Å². The lowest BCUT2D eigenvalue weighted by Gasteiger charge is -2.08. The number of carbonyl (C=O) groups is 1. The van der Waals surface area contributed by atoms with Crippen LogP contribution in [0.2, 0.25) is 0 Å². The Hall–Kier alpha value is -0.280. The summed E-state index contributed by atoms with van der Waals surface area (Å²) < 4.78 is 4.69. The van der Waals surface area contributed by atoms with E-state index in [1.165, 1.54) is 6.92 Å². The fourth-order valence-corrected chi connectivity index (χ4v) is 0.679. The second kappa shape index (κ2) is 7.82. The Labute approximate surface area is 73.7 Å². The van der Waals surface area contributed by atoms with Gasteiger partial charge >= 0.3 is 5.97 Å². The normalized spacial score (nSPS) is 11.5. The molecule has 11 heavy (non-hydrogen) atoms. The maximum atomic E-state index is 10.3. The molecule has 0 rings (SSSR count). The zero-order valence-electron chi connectivity index (χ0n) is 7.00. The van der Waals surface area contributed by atoms with E-state index < -0.39 is 0 Å². The summed E-state index contributed by atoms with van der Waals surface area (Å²) in [6, 6.07) is 0.00824. The second-order valence-electron chi connectivity index (χ2n) is 2.35. The van der Waals surface area contributed by atoms with E-state index in [4.69, 9.17) is 10.5 Å². The number of rotatable bonds is 4. The van der Waals surface area contributed by atoms with E-state index >= 15 is 0 Å². The Morgan fingerprint density at radius 3 is 2.55 bits per heavy atom. The third kappa shape index (κ3) is 9.72. The molecule has 0 aromatic rings. The van der Waals surface area contributed by atoms with E-state index in [9.17, 15) is 4.79 Å². The molecule has 0 saturated heterocycles. The van der Waals surface area contributed by atoms with E-state index in [1.54, 1.807) is 0 Å². The smallest absolute Gasteiger partial charge is 0.302 e. The first kappa shape index (κ1) is 13.3. The van der Waals surface area contributed by atoms with Crippen molar-refractivity contribution in [2.75, 3.05) is 6.61 Å². The molecule has 0 aliphatic carbocycles. The van der Waals surface area contributed by atoms with Crippen molar-refractivity contribution in [2.24, 2.45) is 5.73 Å². The molecule has 0 heterocycles. The van der Waals surface area contributed by atoms with Gasteiger partial charge in [0.05, 0.1) is 0 Å². The van der Waals surface area contributed by atoms with Gasteiger partial charge in [-0.05, 0) is 6.42 Å².